The quantitative estimate of drug-likeness (QED) is 0.830. The number of thioether (sulfide) groups is 1. The minimum absolute atomic E-state index is 0.0276. The van der Waals surface area contributed by atoms with Gasteiger partial charge in [-0.25, -0.2) is 4.98 Å². The first-order valence-corrected chi connectivity index (χ1v) is 9.55. The number of nitrogens with zero attached hydrogens (tertiary/aromatic N) is 3. The normalized spacial score (nSPS) is 17.2. The van der Waals surface area contributed by atoms with E-state index < -0.39 is 0 Å². The molecule has 2 aliphatic heterocycles. The SMILES string of the molecule is O=C(c1ccc(CN2C(=O)CSc3ncccc32)cc1)N1CCOCC1. The Labute approximate surface area is 156 Å². The minimum Gasteiger partial charge on any atom is -0.378 e. The van der Waals surface area contributed by atoms with E-state index in [0.717, 1.165) is 16.3 Å². The molecule has 26 heavy (non-hydrogen) atoms. The molecule has 0 bridgehead atoms. The van der Waals surface area contributed by atoms with Gasteiger partial charge in [0, 0.05) is 24.8 Å². The highest BCUT2D eigenvalue weighted by molar-refractivity contribution is 8.00. The first-order chi connectivity index (χ1) is 12.7. The number of aromatic nitrogens is 1. The second-order valence-electron chi connectivity index (χ2n) is 6.20. The third-order valence-corrected chi connectivity index (χ3v) is 5.49. The molecule has 7 heteroatoms. The zero-order valence-corrected chi connectivity index (χ0v) is 15.1. The average molecular weight is 369 g/mol. The topological polar surface area (TPSA) is 62.7 Å². The van der Waals surface area contributed by atoms with Gasteiger partial charge in [0.1, 0.15) is 5.03 Å². The predicted molar refractivity (Wildman–Crippen MR) is 99.3 cm³/mol. The molecule has 6 nitrogen and oxygen atoms in total. The summed E-state index contributed by atoms with van der Waals surface area (Å²) in [5, 5.41) is 0.881. The van der Waals surface area contributed by atoms with Crippen molar-refractivity contribution < 1.29 is 14.3 Å². The van der Waals surface area contributed by atoms with Crippen LogP contribution in [0.1, 0.15) is 15.9 Å². The summed E-state index contributed by atoms with van der Waals surface area (Å²) in [5.41, 5.74) is 2.50. The maximum atomic E-state index is 12.5. The molecule has 1 saturated heterocycles. The van der Waals surface area contributed by atoms with Gasteiger partial charge in [0.2, 0.25) is 5.91 Å². The van der Waals surface area contributed by atoms with E-state index >= 15 is 0 Å². The van der Waals surface area contributed by atoms with Gasteiger partial charge in [-0.2, -0.15) is 0 Å². The van der Waals surface area contributed by atoms with E-state index in [0.29, 0.717) is 44.2 Å². The molecular weight excluding hydrogens is 350 g/mol. The maximum absolute atomic E-state index is 12.5. The fourth-order valence-corrected chi connectivity index (χ4v) is 3.98. The Morgan fingerprint density at radius 3 is 2.69 bits per heavy atom. The lowest BCUT2D eigenvalue weighted by Crippen LogP contribution is -2.40. The van der Waals surface area contributed by atoms with Crippen LogP contribution in [0.15, 0.2) is 47.6 Å². The van der Waals surface area contributed by atoms with E-state index in [1.54, 1.807) is 11.1 Å². The maximum Gasteiger partial charge on any atom is 0.254 e. The van der Waals surface area contributed by atoms with Gasteiger partial charge in [0.05, 0.1) is 31.2 Å². The summed E-state index contributed by atoms with van der Waals surface area (Å²) in [6, 6.07) is 11.3. The molecule has 0 unspecified atom stereocenters. The van der Waals surface area contributed by atoms with E-state index in [1.807, 2.05) is 41.3 Å². The van der Waals surface area contributed by atoms with E-state index in [1.165, 1.54) is 11.8 Å². The van der Waals surface area contributed by atoms with E-state index in [2.05, 4.69) is 4.98 Å². The number of hydrogen-bond acceptors (Lipinski definition) is 5. The van der Waals surface area contributed by atoms with Gasteiger partial charge in [-0.1, -0.05) is 23.9 Å². The Bertz CT molecular complexity index is 819. The summed E-state index contributed by atoms with van der Waals surface area (Å²) in [5.74, 6) is 0.501. The molecule has 3 heterocycles. The Morgan fingerprint density at radius 2 is 1.92 bits per heavy atom. The van der Waals surface area contributed by atoms with Gasteiger partial charge in [-0.3, -0.25) is 9.59 Å². The van der Waals surface area contributed by atoms with Gasteiger partial charge < -0.3 is 14.5 Å². The standard InChI is InChI=1S/C19H19N3O3S/c23-17-13-26-18-16(2-1-7-20-18)22(17)12-14-3-5-15(6-4-14)19(24)21-8-10-25-11-9-21/h1-7H,8-13H2. The fraction of sp³-hybridized carbons (Fsp3) is 0.316. The molecule has 2 amide bonds. The third kappa shape index (κ3) is 3.45. The number of fused-ring (bicyclic) bond motifs is 1. The van der Waals surface area contributed by atoms with E-state index in [4.69, 9.17) is 4.74 Å². The zero-order valence-electron chi connectivity index (χ0n) is 14.3. The number of morpholine rings is 1. The summed E-state index contributed by atoms with van der Waals surface area (Å²) in [4.78, 5) is 32.8. The molecule has 1 aromatic heterocycles. The number of carbonyl (C=O) groups is 2. The first-order valence-electron chi connectivity index (χ1n) is 8.56. The summed E-state index contributed by atoms with van der Waals surface area (Å²) in [6.45, 7) is 2.91. The molecule has 134 valence electrons. The van der Waals surface area contributed by atoms with Crippen LogP contribution in [0, 0.1) is 0 Å². The van der Waals surface area contributed by atoms with Gasteiger partial charge in [0.15, 0.2) is 0 Å². The summed E-state index contributed by atoms with van der Waals surface area (Å²) >= 11 is 1.47. The number of hydrogen-bond donors (Lipinski definition) is 0. The monoisotopic (exact) mass is 369 g/mol. The summed E-state index contributed by atoms with van der Waals surface area (Å²) < 4.78 is 5.29. The van der Waals surface area contributed by atoms with Crippen molar-refractivity contribution in [3.8, 4) is 0 Å². The molecule has 0 atom stereocenters. The van der Waals surface area contributed by atoms with Crippen LogP contribution in [0.4, 0.5) is 5.69 Å². The molecule has 0 spiro atoms. The number of pyridine rings is 1. The molecular formula is C19H19N3O3S. The molecule has 2 aliphatic rings. The number of ether oxygens (including phenoxy) is 1. The van der Waals surface area contributed by atoms with Crippen molar-refractivity contribution in [1.82, 2.24) is 9.88 Å². The first kappa shape index (κ1) is 17.1. The Morgan fingerprint density at radius 1 is 1.15 bits per heavy atom. The molecule has 0 saturated carbocycles. The molecule has 0 N–H and O–H groups in total. The minimum atomic E-state index is 0.0276. The fourth-order valence-electron chi connectivity index (χ4n) is 3.10. The predicted octanol–water partition coefficient (Wildman–Crippen LogP) is 2.19. The smallest absolute Gasteiger partial charge is 0.254 e. The number of amides is 2. The van der Waals surface area contributed by atoms with Crippen molar-refractivity contribution in [3.05, 3.63) is 53.7 Å². The number of benzene rings is 1. The highest BCUT2D eigenvalue weighted by atomic mass is 32.2. The number of rotatable bonds is 3. The van der Waals surface area contributed by atoms with Crippen LogP contribution in [0.25, 0.3) is 0 Å². The van der Waals surface area contributed by atoms with Crippen LogP contribution in [-0.4, -0.2) is 53.8 Å². The summed E-state index contributed by atoms with van der Waals surface area (Å²) in [6.07, 6.45) is 1.74. The molecule has 1 aromatic carbocycles. The van der Waals surface area contributed by atoms with Crippen molar-refractivity contribution in [1.29, 1.82) is 0 Å². The van der Waals surface area contributed by atoms with E-state index in [-0.39, 0.29) is 11.8 Å². The lowest BCUT2D eigenvalue weighted by Gasteiger charge is -2.28. The van der Waals surface area contributed by atoms with Gasteiger partial charge in [-0.05, 0) is 29.8 Å². The Hall–Kier alpha value is -2.38. The van der Waals surface area contributed by atoms with Crippen molar-refractivity contribution >= 4 is 29.3 Å². The third-order valence-electron chi connectivity index (χ3n) is 4.52. The van der Waals surface area contributed by atoms with Crippen molar-refractivity contribution in [2.24, 2.45) is 0 Å². The highest BCUT2D eigenvalue weighted by Crippen LogP contribution is 2.34. The van der Waals surface area contributed by atoms with Crippen molar-refractivity contribution in [2.45, 2.75) is 11.6 Å². The highest BCUT2D eigenvalue weighted by Gasteiger charge is 2.25. The number of carbonyl (C=O) groups excluding carboxylic acids is 2. The lowest BCUT2D eigenvalue weighted by atomic mass is 10.1. The average Bonchev–Trinajstić information content (AvgIpc) is 2.71. The van der Waals surface area contributed by atoms with Gasteiger partial charge in [0.25, 0.3) is 5.91 Å². The van der Waals surface area contributed by atoms with Gasteiger partial charge >= 0.3 is 0 Å². The van der Waals surface area contributed by atoms with Crippen LogP contribution < -0.4 is 4.90 Å². The van der Waals surface area contributed by atoms with Crippen molar-refractivity contribution in [2.75, 3.05) is 37.0 Å². The molecule has 1 fully saturated rings. The number of anilines is 1. The van der Waals surface area contributed by atoms with Crippen LogP contribution in [0.5, 0.6) is 0 Å². The molecule has 0 aliphatic carbocycles. The van der Waals surface area contributed by atoms with E-state index in [9.17, 15) is 9.59 Å². The molecule has 2 aromatic rings. The van der Waals surface area contributed by atoms with Crippen LogP contribution in [-0.2, 0) is 16.1 Å². The van der Waals surface area contributed by atoms with Gasteiger partial charge in [-0.15, -0.1) is 0 Å². The summed E-state index contributed by atoms with van der Waals surface area (Å²) in [7, 11) is 0. The van der Waals surface area contributed by atoms with Crippen molar-refractivity contribution in [3.63, 3.8) is 0 Å². The second kappa shape index (κ2) is 7.47. The van der Waals surface area contributed by atoms with Crippen LogP contribution >= 0.6 is 11.8 Å². The Kier molecular flexibility index (Phi) is 4.90. The molecule has 0 radical (unpaired) electrons. The van der Waals surface area contributed by atoms with Crippen LogP contribution in [0.3, 0.4) is 0 Å². The largest absolute Gasteiger partial charge is 0.378 e. The second-order valence-corrected chi connectivity index (χ2v) is 7.16. The lowest BCUT2D eigenvalue weighted by molar-refractivity contribution is -0.116. The van der Waals surface area contributed by atoms with Crippen LogP contribution in [0.2, 0.25) is 0 Å². The Balaban J connectivity index is 1.49. The zero-order chi connectivity index (χ0) is 17.9. The molecule has 4 rings (SSSR count).